The third-order valence-corrected chi connectivity index (χ3v) is 8.45. The summed E-state index contributed by atoms with van der Waals surface area (Å²) >= 11 is 0. The van der Waals surface area contributed by atoms with Gasteiger partial charge >= 0.3 is 5.97 Å². The van der Waals surface area contributed by atoms with Gasteiger partial charge in [-0.25, -0.2) is 14.6 Å². The number of nitrogen functional groups attached to an aromatic ring is 2. The number of Topliss-reactive ketones (excluding diaryl/α,β-unsaturated/α-hetero) is 1. The number of ether oxygens (including phenoxy) is 9. The predicted octanol–water partition coefficient (Wildman–Crippen LogP) is 3.02. The van der Waals surface area contributed by atoms with Crippen LogP contribution in [0.25, 0.3) is 33.4 Å². The van der Waals surface area contributed by atoms with Crippen LogP contribution < -0.4 is 11.5 Å². The van der Waals surface area contributed by atoms with Gasteiger partial charge in [0.2, 0.25) is 0 Å². The van der Waals surface area contributed by atoms with Gasteiger partial charge < -0.3 is 58.5 Å². The Morgan fingerprint density at radius 1 is 0.695 bits per heavy atom. The number of hydrogen-bond donors (Lipinski definition) is 2. The number of anilines is 2. The SMILES string of the molecule is C#CCOCCOCCOCCOCCC(=O)OCCOCCOCCOCCOCCC(=O)CCCCCn1nc(-c2ccc3oc(N)nc3c2)c2c(N)ncnc21. The molecule has 0 amide bonds. The van der Waals surface area contributed by atoms with E-state index in [-0.39, 0.29) is 50.6 Å². The fourth-order valence-electron chi connectivity index (χ4n) is 5.55. The number of ketones is 1. The highest BCUT2D eigenvalue weighted by Crippen LogP contribution is 2.32. The zero-order valence-electron chi connectivity index (χ0n) is 33.6. The van der Waals surface area contributed by atoms with Crippen LogP contribution in [-0.2, 0) is 58.8 Å². The molecule has 19 nitrogen and oxygen atoms in total. The minimum absolute atomic E-state index is 0.0962. The number of benzene rings is 1. The summed E-state index contributed by atoms with van der Waals surface area (Å²) < 4.78 is 55.4. The van der Waals surface area contributed by atoms with Crippen LogP contribution in [0.5, 0.6) is 0 Å². The fraction of sp³-hybridized carbons (Fsp3) is 0.600. The van der Waals surface area contributed by atoms with Crippen molar-refractivity contribution in [1.29, 1.82) is 0 Å². The topological polar surface area (TPSA) is 239 Å². The van der Waals surface area contributed by atoms with Crippen molar-refractivity contribution < 1.29 is 56.6 Å². The third kappa shape index (κ3) is 18.4. The molecule has 0 aliphatic rings. The molecule has 59 heavy (non-hydrogen) atoms. The zero-order chi connectivity index (χ0) is 41.8. The summed E-state index contributed by atoms with van der Waals surface area (Å²) in [6.07, 6.45) is 9.95. The standard InChI is InChI=1S/C40H57N7O12/c1-2-12-50-15-18-53-21-22-55-20-17-52-14-10-35(49)58-28-27-57-26-25-56-24-23-54-19-16-51-13-9-32(48)6-4-3-5-11-47-39-36(38(41)43-30-44-39)37(46-47)31-7-8-34-33(29-31)45-40(42)59-34/h1,7-8,29-30H,3-6,9-28H2,(H2,42,45)(H2,41,43,44). The number of oxazole rings is 1. The molecule has 0 fully saturated rings. The maximum atomic E-state index is 12.4. The molecule has 0 aliphatic heterocycles. The first-order valence-electron chi connectivity index (χ1n) is 19.8. The first-order chi connectivity index (χ1) is 29.0. The number of nitrogens with two attached hydrogens (primary N) is 2. The number of rotatable bonds is 35. The van der Waals surface area contributed by atoms with E-state index in [2.05, 4.69) is 20.9 Å². The van der Waals surface area contributed by atoms with Gasteiger partial charge in [0, 0.05) is 24.9 Å². The molecule has 0 aliphatic carbocycles. The quantitative estimate of drug-likeness (QED) is 0.0385. The van der Waals surface area contributed by atoms with Gasteiger partial charge in [0.15, 0.2) is 11.2 Å². The van der Waals surface area contributed by atoms with E-state index in [0.717, 1.165) is 24.8 Å². The van der Waals surface area contributed by atoms with E-state index in [9.17, 15) is 9.59 Å². The van der Waals surface area contributed by atoms with Crippen molar-refractivity contribution in [2.75, 3.05) is 124 Å². The van der Waals surface area contributed by atoms with Gasteiger partial charge in [-0.05, 0) is 31.0 Å². The number of unbranched alkanes of at least 4 members (excludes halogenated alkanes) is 2. The van der Waals surface area contributed by atoms with Crippen molar-refractivity contribution in [3.8, 4) is 23.6 Å². The fourth-order valence-corrected chi connectivity index (χ4v) is 5.55. The van der Waals surface area contributed by atoms with Crippen LogP contribution >= 0.6 is 0 Å². The highest BCUT2D eigenvalue weighted by molar-refractivity contribution is 5.99. The molecule has 0 unspecified atom stereocenters. The van der Waals surface area contributed by atoms with Crippen LogP contribution in [-0.4, -0.2) is 149 Å². The Bertz CT molecular complexity index is 1850. The maximum absolute atomic E-state index is 12.4. The van der Waals surface area contributed by atoms with Crippen LogP contribution in [0, 0.1) is 12.3 Å². The highest BCUT2D eigenvalue weighted by Gasteiger charge is 2.18. The number of terminal acetylenes is 1. The Morgan fingerprint density at radius 3 is 1.93 bits per heavy atom. The second-order valence-corrected chi connectivity index (χ2v) is 12.9. The molecule has 0 atom stereocenters. The smallest absolute Gasteiger partial charge is 0.308 e. The molecule has 3 heterocycles. The second kappa shape index (κ2) is 28.6. The summed E-state index contributed by atoms with van der Waals surface area (Å²) in [4.78, 5) is 37.0. The van der Waals surface area contributed by atoms with E-state index >= 15 is 0 Å². The van der Waals surface area contributed by atoms with Gasteiger partial charge in [-0.2, -0.15) is 10.1 Å². The molecular formula is C40H57N7O12. The predicted molar refractivity (Wildman–Crippen MR) is 216 cm³/mol. The molecule has 0 radical (unpaired) electrons. The molecule has 4 N–H and O–H groups in total. The Morgan fingerprint density at radius 2 is 1.29 bits per heavy atom. The lowest BCUT2D eigenvalue weighted by Crippen LogP contribution is -2.16. The van der Waals surface area contributed by atoms with E-state index in [0.29, 0.717) is 139 Å². The summed E-state index contributed by atoms with van der Waals surface area (Å²) in [5.74, 6) is 2.54. The number of aryl methyl sites for hydroxylation is 1. The Balaban J connectivity index is 0.890. The average molecular weight is 828 g/mol. The second-order valence-electron chi connectivity index (χ2n) is 12.9. The van der Waals surface area contributed by atoms with E-state index < -0.39 is 0 Å². The van der Waals surface area contributed by atoms with Gasteiger partial charge in [0.05, 0.1) is 111 Å². The van der Waals surface area contributed by atoms with Gasteiger partial charge in [-0.15, -0.1) is 6.42 Å². The molecule has 1 aromatic carbocycles. The molecule has 0 saturated carbocycles. The van der Waals surface area contributed by atoms with Crippen molar-refractivity contribution in [3.63, 3.8) is 0 Å². The summed E-state index contributed by atoms with van der Waals surface area (Å²) in [6, 6.07) is 5.61. The minimum Gasteiger partial charge on any atom is -0.463 e. The zero-order valence-corrected chi connectivity index (χ0v) is 33.6. The summed E-state index contributed by atoms with van der Waals surface area (Å²) in [5.41, 5.74) is 15.3. The van der Waals surface area contributed by atoms with Crippen LogP contribution in [0.1, 0.15) is 38.5 Å². The van der Waals surface area contributed by atoms with Crippen LogP contribution in [0.4, 0.5) is 11.8 Å². The molecule has 19 heteroatoms. The monoisotopic (exact) mass is 827 g/mol. The first kappa shape index (κ1) is 46.9. The van der Waals surface area contributed by atoms with Crippen molar-refractivity contribution in [2.24, 2.45) is 0 Å². The molecule has 0 spiro atoms. The van der Waals surface area contributed by atoms with E-state index in [1.807, 2.05) is 16.8 Å². The van der Waals surface area contributed by atoms with Gasteiger partial charge in [-0.1, -0.05) is 12.3 Å². The number of hydrogen-bond acceptors (Lipinski definition) is 18. The van der Waals surface area contributed by atoms with Crippen LogP contribution in [0.15, 0.2) is 28.9 Å². The highest BCUT2D eigenvalue weighted by atomic mass is 16.6. The lowest BCUT2D eigenvalue weighted by Gasteiger charge is -2.08. The third-order valence-electron chi connectivity index (χ3n) is 8.45. The van der Waals surface area contributed by atoms with Crippen molar-refractivity contribution in [1.82, 2.24) is 24.7 Å². The van der Waals surface area contributed by atoms with E-state index in [4.69, 9.17) is 70.0 Å². The largest absolute Gasteiger partial charge is 0.463 e. The normalized spacial score (nSPS) is 11.4. The van der Waals surface area contributed by atoms with E-state index in [1.165, 1.54) is 6.33 Å². The molecule has 0 bridgehead atoms. The number of fused-ring (bicyclic) bond motifs is 2. The van der Waals surface area contributed by atoms with Gasteiger partial charge in [0.25, 0.3) is 6.01 Å². The Labute approximate surface area is 343 Å². The van der Waals surface area contributed by atoms with Crippen molar-refractivity contribution in [2.45, 2.75) is 45.1 Å². The van der Waals surface area contributed by atoms with Crippen molar-refractivity contribution in [3.05, 3.63) is 24.5 Å². The molecule has 4 rings (SSSR count). The molecular weight excluding hydrogens is 770 g/mol. The number of aromatic nitrogens is 5. The number of carbonyl (C=O) groups excluding carboxylic acids is 2. The van der Waals surface area contributed by atoms with Crippen LogP contribution in [0.3, 0.4) is 0 Å². The molecule has 3 aromatic heterocycles. The van der Waals surface area contributed by atoms with Crippen LogP contribution in [0.2, 0.25) is 0 Å². The van der Waals surface area contributed by atoms with Gasteiger partial charge in [0.1, 0.15) is 42.4 Å². The Kier molecular flexibility index (Phi) is 22.7. The molecule has 324 valence electrons. The molecule has 0 saturated heterocycles. The van der Waals surface area contributed by atoms with E-state index in [1.54, 1.807) is 6.07 Å². The number of esters is 1. The van der Waals surface area contributed by atoms with Gasteiger partial charge in [-0.3, -0.25) is 9.59 Å². The number of nitrogens with zero attached hydrogens (tertiary/aromatic N) is 5. The number of carbonyl (C=O) groups is 2. The van der Waals surface area contributed by atoms with Crippen molar-refractivity contribution >= 4 is 45.7 Å². The summed E-state index contributed by atoms with van der Waals surface area (Å²) in [7, 11) is 0. The summed E-state index contributed by atoms with van der Waals surface area (Å²) in [5, 5.41) is 5.48. The molecule has 4 aromatic rings. The maximum Gasteiger partial charge on any atom is 0.308 e. The Hall–Kier alpha value is -4.78. The average Bonchev–Trinajstić information content (AvgIpc) is 3.80. The summed E-state index contributed by atoms with van der Waals surface area (Å²) in [6.45, 7) is 6.91. The minimum atomic E-state index is -0.354. The lowest BCUT2D eigenvalue weighted by atomic mass is 10.1. The lowest BCUT2D eigenvalue weighted by molar-refractivity contribution is -0.146. The first-order valence-corrected chi connectivity index (χ1v) is 19.8.